The molecule has 1 aromatic carbocycles. The predicted octanol–water partition coefficient (Wildman–Crippen LogP) is 3.00. The fraction of sp³-hybridized carbons (Fsp3) is 0.571. The lowest BCUT2D eigenvalue weighted by atomic mass is 9.75. The molecule has 3 fully saturated rings. The minimum absolute atomic E-state index is 0.0107. The van der Waals surface area contributed by atoms with Gasteiger partial charge in [0.1, 0.15) is 0 Å². The Bertz CT molecular complexity index is 790. The zero-order chi connectivity index (χ0) is 19.3. The zero-order valence-corrected chi connectivity index (χ0v) is 16.5. The Morgan fingerprint density at radius 2 is 1.81 bits per heavy atom. The number of likely N-dealkylation sites (tertiary alicyclic amines) is 1. The summed E-state index contributed by atoms with van der Waals surface area (Å²) < 4.78 is 0. The third-order valence-electron chi connectivity index (χ3n) is 6.43. The number of benzene rings is 1. The molecule has 0 spiro atoms. The van der Waals surface area contributed by atoms with E-state index in [9.17, 15) is 14.4 Å². The van der Waals surface area contributed by atoms with Crippen molar-refractivity contribution in [1.82, 2.24) is 9.80 Å². The van der Waals surface area contributed by atoms with Crippen LogP contribution in [-0.4, -0.2) is 47.7 Å². The second kappa shape index (κ2) is 6.62. The molecule has 3 aliphatic rings. The van der Waals surface area contributed by atoms with E-state index in [0.29, 0.717) is 22.4 Å². The molecule has 27 heavy (non-hydrogen) atoms. The van der Waals surface area contributed by atoms with Gasteiger partial charge in [0.25, 0.3) is 0 Å². The first-order valence-electron chi connectivity index (χ1n) is 9.67. The zero-order valence-electron chi connectivity index (χ0n) is 15.8. The lowest BCUT2D eigenvalue weighted by molar-refractivity contribution is -0.142. The number of halogens is 1. The SMILES string of the molecule is CN1C(=O)C[C@](CC(=O)N(C)C(C2CC2)C2CC2)(c2ccccc2Cl)C1=O. The van der Waals surface area contributed by atoms with Crippen LogP contribution >= 0.6 is 11.6 Å². The highest BCUT2D eigenvalue weighted by Crippen LogP contribution is 2.48. The average Bonchev–Trinajstić information content (AvgIpc) is 3.54. The largest absolute Gasteiger partial charge is 0.342 e. The molecule has 0 aromatic heterocycles. The first-order chi connectivity index (χ1) is 12.8. The van der Waals surface area contributed by atoms with Crippen molar-refractivity contribution in [3.8, 4) is 0 Å². The number of rotatable bonds is 6. The molecule has 1 aliphatic heterocycles. The molecule has 3 amide bonds. The third-order valence-corrected chi connectivity index (χ3v) is 6.76. The van der Waals surface area contributed by atoms with Gasteiger partial charge in [0.05, 0.1) is 5.41 Å². The highest BCUT2D eigenvalue weighted by atomic mass is 35.5. The third kappa shape index (κ3) is 3.16. The van der Waals surface area contributed by atoms with Crippen molar-refractivity contribution in [2.75, 3.05) is 14.1 Å². The van der Waals surface area contributed by atoms with E-state index in [-0.39, 0.29) is 36.6 Å². The first-order valence-corrected chi connectivity index (χ1v) is 10.0. The van der Waals surface area contributed by atoms with Crippen LogP contribution in [-0.2, 0) is 19.8 Å². The highest BCUT2D eigenvalue weighted by Gasteiger charge is 2.54. The molecule has 0 unspecified atom stereocenters. The van der Waals surface area contributed by atoms with E-state index >= 15 is 0 Å². The van der Waals surface area contributed by atoms with Gasteiger partial charge in [-0.3, -0.25) is 19.3 Å². The quantitative estimate of drug-likeness (QED) is 0.704. The van der Waals surface area contributed by atoms with Crippen LogP contribution in [0.1, 0.15) is 44.1 Å². The summed E-state index contributed by atoms with van der Waals surface area (Å²) in [6.45, 7) is 0. The maximum absolute atomic E-state index is 13.3. The van der Waals surface area contributed by atoms with Crippen molar-refractivity contribution in [2.24, 2.45) is 11.8 Å². The van der Waals surface area contributed by atoms with Crippen molar-refractivity contribution < 1.29 is 14.4 Å². The molecule has 1 aromatic rings. The van der Waals surface area contributed by atoms with E-state index in [1.54, 1.807) is 24.3 Å². The lowest BCUT2D eigenvalue weighted by Crippen LogP contribution is -2.46. The summed E-state index contributed by atoms with van der Waals surface area (Å²) in [6.07, 6.45) is 4.67. The van der Waals surface area contributed by atoms with E-state index in [0.717, 1.165) is 4.90 Å². The molecule has 0 radical (unpaired) electrons. The number of imide groups is 1. The highest BCUT2D eigenvalue weighted by molar-refractivity contribution is 6.32. The van der Waals surface area contributed by atoms with Crippen LogP contribution in [0.2, 0.25) is 5.02 Å². The molecular weight excluding hydrogens is 364 g/mol. The van der Waals surface area contributed by atoms with Crippen LogP contribution in [0.4, 0.5) is 0 Å². The van der Waals surface area contributed by atoms with Crippen molar-refractivity contribution in [3.05, 3.63) is 34.9 Å². The van der Waals surface area contributed by atoms with Gasteiger partial charge in [-0.1, -0.05) is 29.8 Å². The summed E-state index contributed by atoms with van der Waals surface area (Å²) in [6, 6.07) is 7.32. The smallest absolute Gasteiger partial charge is 0.240 e. The van der Waals surface area contributed by atoms with Gasteiger partial charge in [-0.25, -0.2) is 0 Å². The van der Waals surface area contributed by atoms with Gasteiger partial charge in [-0.05, 0) is 49.1 Å². The van der Waals surface area contributed by atoms with Crippen LogP contribution in [0.25, 0.3) is 0 Å². The number of hydrogen-bond donors (Lipinski definition) is 0. The first kappa shape index (κ1) is 18.5. The van der Waals surface area contributed by atoms with Gasteiger partial charge >= 0.3 is 0 Å². The van der Waals surface area contributed by atoms with Crippen LogP contribution < -0.4 is 0 Å². The van der Waals surface area contributed by atoms with Crippen molar-refractivity contribution in [2.45, 2.75) is 50.0 Å². The average molecular weight is 389 g/mol. The monoisotopic (exact) mass is 388 g/mol. The number of hydrogen-bond acceptors (Lipinski definition) is 3. The number of amides is 3. The minimum atomic E-state index is -1.20. The maximum atomic E-state index is 13.3. The topological polar surface area (TPSA) is 57.7 Å². The Morgan fingerprint density at radius 3 is 2.30 bits per heavy atom. The lowest BCUT2D eigenvalue weighted by Gasteiger charge is -2.33. The summed E-state index contributed by atoms with van der Waals surface area (Å²) in [4.78, 5) is 41.7. The Labute approximate surface area is 164 Å². The van der Waals surface area contributed by atoms with Gasteiger partial charge in [0, 0.05) is 38.0 Å². The second-order valence-corrected chi connectivity index (χ2v) is 8.75. The molecule has 1 heterocycles. The van der Waals surface area contributed by atoms with Crippen LogP contribution in [0.15, 0.2) is 24.3 Å². The molecule has 144 valence electrons. The van der Waals surface area contributed by atoms with E-state index in [2.05, 4.69) is 0 Å². The molecular formula is C21H25ClN2O3. The summed E-state index contributed by atoms with van der Waals surface area (Å²) in [5.41, 5.74) is -0.627. The maximum Gasteiger partial charge on any atom is 0.240 e. The molecule has 5 nitrogen and oxygen atoms in total. The molecule has 2 aliphatic carbocycles. The summed E-state index contributed by atoms with van der Waals surface area (Å²) in [7, 11) is 3.34. The van der Waals surface area contributed by atoms with E-state index in [1.807, 2.05) is 11.9 Å². The summed E-state index contributed by atoms with van der Waals surface area (Å²) in [5.74, 6) is 0.501. The molecule has 6 heteroatoms. The Hall–Kier alpha value is -1.88. The number of carbonyl (C=O) groups is 3. The van der Waals surface area contributed by atoms with Crippen molar-refractivity contribution in [3.63, 3.8) is 0 Å². The van der Waals surface area contributed by atoms with Crippen LogP contribution in [0.5, 0.6) is 0 Å². The van der Waals surface area contributed by atoms with Crippen molar-refractivity contribution in [1.29, 1.82) is 0 Å². The van der Waals surface area contributed by atoms with Crippen molar-refractivity contribution >= 4 is 29.3 Å². The fourth-order valence-corrected chi connectivity index (χ4v) is 4.94. The summed E-state index contributed by atoms with van der Waals surface area (Å²) in [5, 5.41) is 0.422. The normalized spacial score (nSPS) is 25.4. The molecule has 4 rings (SSSR count). The van der Waals surface area contributed by atoms with E-state index in [4.69, 9.17) is 11.6 Å². The van der Waals surface area contributed by atoms with Gasteiger partial charge in [-0.2, -0.15) is 0 Å². The predicted molar refractivity (Wildman–Crippen MR) is 102 cm³/mol. The van der Waals surface area contributed by atoms with E-state index in [1.165, 1.54) is 32.7 Å². The Morgan fingerprint density at radius 1 is 1.22 bits per heavy atom. The van der Waals surface area contributed by atoms with E-state index < -0.39 is 5.41 Å². The molecule has 0 N–H and O–H groups in total. The fourth-order valence-electron chi connectivity index (χ4n) is 4.62. The van der Waals surface area contributed by atoms with Gasteiger partial charge in [-0.15, -0.1) is 0 Å². The number of carbonyl (C=O) groups excluding carboxylic acids is 3. The number of nitrogens with zero attached hydrogens (tertiary/aromatic N) is 2. The molecule has 2 saturated carbocycles. The Balaban J connectivity index is 1.66. The van der Waals surface area contributed by atoms with Gasteiger partial charge in [0.15, 0.2) is 0 Å². The summed E-state index contributed by atoms with van der Waals surface area (Å²) >= 11 is 6.39. The van der Waals surface area contributed by atoms with Gasteiger partial charge in [0.2, 0.25) is 17.7 Å². The standard InChI is InChI=1S/C21H25ClN2O3/c1-23(19(13-7-8-13)14-9-10-14)17(25)11-21(12-18(26)24(2)20(21)27)15-5-3-4-6-16(15)22/h3-6,13-14,19H,7-12H2,1-2H3/t21-/m1/s1. The molecule has 1 atom stereocenters. The Kier molecular flexibility index (Phi) is 4.53. The molecule has 0 bridgehead atoms. The van der Waals surface area contributed by atoms with Gasteiger partial charge < -0.3 is 4.90 Å². The number of likely N-dealkylation sites (N-methyl/N-ethyl adjacent to an activating group) is 1. The molecule has 1 saturated heterocycles. The minimum Gasteiger partial charge on any atom is -0.342 e. The van der Waals surface area contributed by atoms with Crippen LogP contribution in [0, 0.1) is 11.8 Å². The van der Waals surface area contributed by atoms with Crippen LogP contribution in [0.3, 0.4) is 0 Å². The second-order valence-electron chi connectivity index (χ2n) is 8.34.